The average molecular weight is 499 g/mol. The third-order valence-corrected chi connectivity index (χ3v) is 6.72. The number of primary amides is 1. The molecule has 7 unspecified atom stereocenters. The second-order valence-corrected chi connectivity index (χ2v) is 9.85. The Labute approximate surface area is 217 Å². The number of hydrogen-bond donors (Lipinski definition) is 5. The molecule has 1 aromatic carbocycles. The number of aliphatic hydroxyl groups is 2. The van der Waals surface area contributed by atoms with E-state index >= 15 is 0 Å². The third-order valence-electron chi connectivity index (χ3n) is 6.72. The molecule has 0 aliphatic carbocycles. The van der Waals surface area contributed by atoms with Crippen LogP contribution in [0.4, 0.5) is 4.79 Å². The number of carbonyl (C=O) groups excluding carboxylic acids is 1. The van der Waals surface area contributed by atoms with Gasteiger partial charge in [0.05, 0.1) is 12.2 Å². The van der Waals surface area contributed by atoms with Gasteiger partial charge in [0.15, 0.2) is 0 Å². The number of hydrogen-bond acceptors (Lipinski definition) is 4. The fraction of sp³-hybridized carbons (Fsp3) is 0.500. The van der Waals surface area contributed by atoms with Crippen LogP contribution in [-0.4, -0.2) is 39.6 Å². The molecule has 6 heteroatoms. The second kappa shape index (κ2) is 16.8. The lowest BCUT2D eigenvalue weighted by atomic mass is 9.81. The van der Waals surface area contributed by atoms with Crippen LogP contribution in [0.25, 0.3) is 0 Å². The standard InChI is InChI=1S/C30H46N2O4/c1-6-7-13-22(3)28(32-30(31)36)24(5)29(35)23(4)15-11-14-21(2)27(34)19-10-8-9-16-25-17-12-18-26(33)20-25/h6-8,10-14,17-18,20-24,27-29,33-35H,1,9,15-16,19H2,2-5H3,(H3,31,32,36)/b10-8-,13-7-,14-11-. The Morgan fingerprint density at radius 3 is 2.42 bits per heavy atom. The van der Waals surface area contributed by atoms with Gasteiger partial charge in [0.2, 0.25) is 0 Å². The number of phenols is 1. The van der Waals surface area contributed by atoms with E-state index in [9.17, 15) is 20.1 Å². The highest BCUT2D eigenvalue weighted by Gasteiger charge is 2.31. The second-order valence-electron chi connectivity index (χ2n) is 9.85. The van der Waals surface area contributed by atoms with Crippen molar-refractivity contribution in [3.63, 3.8) is 0 Å². The molecule has 1 rings (SSSR count). The predicted molar refractivity (Wildman–Crippen MR) is 148 cm³/mol. The van der Waals surface area contributed by atoms with Crippen LogP contribution in [0.3, 0.4) is 0 Å². The topological polar surface area (TPSA) is 116 Å². The molecule has 2 amide bonds. The monoisotopic (exact) mass is 498 g/mol. The molecule has 0 heterocycles. The molecule has 0 saturated carbocycles. The third kappa shape index (κ3) is 11.7. The normalized spacial score (nSPS) is 18.1. The Balaban J connectivity index is 2.52. The van der Waals surface area contributed by atoms with Gasteiger partial charge in [-0.05, 0) is 55.2 Å². The van der Waals surface area contributed by atoms with Gasteiger partial charge in [0.25, 0.3) is 0 Å². The average Bonchev–Trinajstić information content (AvgIpc) is 2.84. The summed E-state index contributed by atoms with van der Waals surface area (Å²) in [6, 6.07) is 6.34. The molecule has 1 aromatic rings. The van der Waals surface area contributed by atoms with Crippen LogP contribution in [-0.2, 0) is 6.42 Å². The number of urea groups is 1. The Kier molecular flexibility index (Phi) is 14.5. The highest BCUT2D eigenvalue weighted by molar-refractivity contribution is 5.72. The quantitative estimate of drug-likeness (QED) is 0.158. The molecule has 6 N–H and O–H groups in total. The minimum absolute atomic E-state index is 0.0178. The summed E-state index contributed by atoms with van der Waals surface area (Å²) >= 11 is 0. The van der Waals surface area contributed by atoms with Gasteiger partial charge >= 0.3 is 6.03 Å². The molecule has 6 nitrogen and oxygen atoms in total. The number of aryl methyl sites for hydroxylation is 1. The van der Waals surface area contributed by atoms with Crippen LogP contribution >= 0.6 is 0 Å². The van der Waals surface area contributed by atoms with Crippen LogP contribution in [0, 0.1) is 23.7 Å². The first kappa shape index (κ1) is 31.2. The molecular formula is C30H46N2O4. The van der Waals surface area contributed by atoms with Crippen molar-refractivity contribution in [2.24, 2.45) is 29.4 Å². The summed E-state index contributed by atoms with van der Waals surface area (Å²) in [5, 5.41) is 33.7. The van der Waals surface area contributed by atoms with Crippen molar-refractivity contribution in [1.82, 2.24) is 5.32 Å². The molecular weight excluding hydrogens is 452 g/mol. The van der Waals surface area contributed by atoms with E-state index in [-0.39, 0.29) is 35.5 Å². The molecule has 0 aromatic heterocycles. The van der Waals surface area contributed by atoms with E-state index < -0.39 is 18.2 Å². The summed E-state index contributed by atoms with van der Waals surface area (Å²) < 4.78 is 0. The molecule has 0 fully saturated rings. The van der Waals surface area contributed by atoms with Crippen LogP contribution < -0.4 is 11.1 Å². The molecule has 0 radical (unpaired) electrons. The SMILES string of the molecule is C=C/C=C\C(C)C(NC(N)=O)C(C)C(O)C(C)C/C=C\C(C)C(O)C/C=C\CCc1cccc(O)c1. The molecule has 0 bridgehead atoms. The predicted octanol–water partition coefficient (Wildman–Crippen LogP) is 5.26. The number of amides is 2. The van der Waals surface area contributed by atoms with Gasteiger partial charge in [0.1, 0.15) is 5.75 Å². The zero-order valence-corrected chi connectivity index (χ0v) is 22.3. The van der Waals surface area contributed by atoms with Crippen molar-refractivity contribution in [3.05, 3.63) is 78.9 Å². The Morgan fingerprint density at radius 2 is 1.78 bits per heavy atom. The smallest absolute Gasteiger partial charge is 0.312 e. The van der Waals surface area contributed by atoms with Gasteiger partial charge in [-0.2, -0.15) is 0 Å². The van der Waals surface area contributed by atoms with Crippen LogP contribution in [0.2, 0.25) is 0 Å². The van der Waals surface area contributed by atoms with Crippen molar-refractivity contribution >= 4 is 6.03 Å². The Bertz CT molecular complexity index is 879. The molecule has 36 heavy (non-hydrogen) atoms. The minimum Gasteiger partial charge on any atom is -0.508 e. The summed E-state index contributed by atoms with van der Waals surface area (Å²) in [7, 11) is 0. The van der Waals surface area contributed by atoms with E-state index in [1.54, 1.807) is 18.2 Å². The van der Waals surface area contributed by atoms with Crippen molar-refractivity contribution in [1.29, 1.82) is 0 Å². The number of benzene rings is 1. The number of nitrogens with two attached hydrogens (primary N) is 1. The van der Waals surface area contributed by atoms with Gasteiger partial charge in [0, 0.05) is 17.9 Å². The fourth-order valence-corrected chi connectivity index (χ4v) is 4.32. The van der Waals surface area contributed by atoms with Gasteiger partial charge in [-0.25, -0.2) is 4.79 Å². The fourth-order valence-electron chi connectivity index (χ4n) is 4.32. The van der Waals surface area contributed by atoms with E-state index in [2.05, 4.69) is 18.0 Å². The summed E-state index contributed by atoms with van der Waals surface area (Å²) in [6.45, 7) is 11.5. The van der Waals surface area contributed by atoms with Gasteiger partial charge in [-0.3, -0.25) is 0 Å². The largest absolute Gasteiger partial charge is 0.508 e. The lowest BCUT2D eigenvalue weighted by Gasteiger charge is -2.34. The lowest BCUT2D eigenvalue weighted by molar-refractivity contribution is 0.0439. The molecule has 200 valence electrons. The van der Waals surface area contributed by atoms with Crippen LogP contribution in [0.1, 0.15) is 52.5 Å². The number of nitrogens with one attached hydrogen (secondary N) is 1. The summed E-state index contributed by atoms with van der Waals surface area (Å²) in [6.07, 6.45) is 15.3. The van der Waals surface area contributed by atoms with E-state index in [0.29, 0.717) is 12.8 Å². The summed E-state index contributed by atoms with van der Waals surface area (Å²) in [4.78, 5) is 11.5. The highest BCUT2D eigenvalue weighted by Crippen LogP contribution is 2.25. The van der Waals surface area contributed by atoms with Crippen molar-refractivity contribution < 1.29 is 20.1 Å². The molecule has 0 aliphatic heterocycles. The zero-order valence-electron chi connectivity index (χ0n) is 22.3. The summed E-state index contributed by atoms with van der Waals surface area (Å²) in [5.41, 5.74) is 6.46. The van der Waals surface area contributed by atoms with E-state index in [0.717, 1.165) is 18.4 Å². The van der Waals surface area contributed by atoms with Gasteiger partial charge in [-0.15, -0.1) is 0 Å². The number of carbonyl (C=O) groups is 1. The number of rotatable bonds is 16. The first-order valence-corrected chi connectivity index (χ1v) is 12.9. The molecule has 0 spiro atoms. The van der Waals surface area contributed by atoms with Crippen LogP contribution in [0.15, 0.2) is 73.4 Å². The lowest BCUT2D eigenvalue weighted by Crippen LogP contribution is -2.50. The summed E-state index contributed by atoms with van der Waals surface area (Å²) in [5.74, 6) is -0.00740. The molecule has 7 atom stereocenters. The Hall–Kier alpha value is -2.83. The Morgan fingerprint density at radius 1 is 1.06 bits per heavy atom. The number of aromatic hydroxyl groups is 1. The van der Waals surface area contributed by atoms with Gasteiger partial charge in [-0.1, -0.05) is 88.9 Å². The molecule has 0 saturated heterocycles. The first-order chi connectivity index (χ1) is 17.1. The maximum atomic E-state index is 11.5. The van der Waals surface area contributed by atoms with E-state index in [1.165, 1.54) is 0 Å². The highest BCUT2D eigenvalue weighted by atomic mass is 16.3. The van der Waals surface area contributed by atoms with Gasteiger partial charge < -0.3 is 26.4 Å². The van der Waals surface area contributed by atoms with Crippen molar-refractivity contribution in [2.75, 3.05) is 0 Å². The maximum Gasteiger partial charge on any atom is 0.312 e. The van der Waals surface area contributed by atoms with Crippen molar-refractivity contribution in [2.45, 2.75) is 71.6 Å². The minimum atomic E-state index is -0.638. The maximum absolute atomic E-state index is 11.5. The zero-order chi connectivity index (χ0) is 27.1. The first-order valence-electron chi connectivity index (χ1n) is 12.9. The number of aliphatic hydroxyl groups excluding tert-OH is 2. The van der Waals surface area contributed by atoms with E-state index in [4.69, 9.17) is 5.73 Å². The van der Waals surface area contributed by atoms with Crippen LogP contribution in [0.5, 0.6) is 5.75 Å². The van der Waals surface area contributed by atoms with Crippen molar-refractivity contribution in [3.8, 4) is 5.75 Å². The number of allylic oxidation sites excluding steroid dienone is 4. The number of phenolic OH excluding ortho intramolecular Hbond substituents is 1. The van der Waals surface area contributed by atoms with E-state index in [1.807, 2.05) is 70.2 Å². The molecule has 0 aliphatic rings.